The molecular formula is C12H11F2NO2S. The number of nitrogens with zero attached hydrogens (tertiary/aromatic N) is 1. The van der Waals surface area contributed by atoms with Gasteiger partial charge in [0, 0.05) is 31.2 Å². The average Bonchev–Trinajstić information content (AvgIpc) is 2.80. The Bertz CT molecular complexity index is 541. The van der Waals surface area contributed by atoms with E-state index in [9.17, 15) is 8.78 Å². The van der Waals surface area contributed by atoms with E-state index >= 15 is 0 Å². The van der Waals surface area contributed by atoms with Gasteiger partial charge in [0.15, 0.2) is 0 Å². The lowest BCUT2D eigenvalue weighted by Gasteiger charge is -2.09. The quantitative estimate of drug-likeness (QED) is 0.799. The van der Waals surface area contributed by atoms with Crippen molar-refractivity contribution in [2.24, 2.45) is 0 Å². The predicted octanol–water partition coefficient (Wildman–Crippen LogP) is 3.38. The first-order valence-corrected chi connectivity index (χ1v) is 6.00. The number of rotatable bonds is 4. The van der Waals surface area contributed by atoms with Gasteiger partial charge in [-0.3, -0.25) is 0 Å². The molecule has 2 rings (SSSR count). The second-order valence-electron chi connectivity index (χ2n) is 3.51. The molecule has 96 valence electrons. The fourth-order valence-electron chi connectivity index (χ4n) is 1.52. The summed E-state index contributed by atoms with van der Waals surface area (Å²) in [4.78, 5) is 4.22. The molecule has 6 heteroatoms. The van der Waals surface area contributed by atoms with E-state index in [1.54, 1.807) is 5.38 Å². The van der Waals surface area contributed by atoms with Crippen molar-refractivity contribution in [3.63, 3.8) is 0 Å². The lowest BCUT2D eigenvalue weighted by Crippen LogP contribution is -2.03. The van der Waals surface area contributed by atoms with Crippen molar-refractivity contribution >= 4 is 11.3 Å². The van der Waals surface area contributed by atoms with Crippen LogP contribution in [0.3, 0.4) is 0 Å². The van der Waals surface area contributed by atoms with Gasteiger partial charge in [-0.25, -0.2) is 13.8 Å². The number of thiazole rings is 1. The molecule has 1 heterocycles. The highest BCUT2D eigenvalue weighted by Gasteiger charge is 2.16. The van der Waals surface area contributed by atoms with Gasteiger partial charge in [0.25, 0.3) is 0 Å². The van der Waals surface area contributed by atoms with Crippen LogP contribution in [-0.4, -0.2) is 19.2 Å². The Morgan fingerprint density at radius 2 is 1.94 bits per heavy atom. The first-order chi connectivity index (χ1) is 8.65. The number of hydrogen-bond donors (Lipinski definition) is 0. The van der Waals surface area contributed by atoms with E-state index in [0.717, 1.165) is 6.07 Å². The minimum absolute atomic E-state index is 0.263. The van der Waals surface area contributed by atoms with Gasteiger partial charge in [0.1, 0.15) is 22.3 Å². The number of halogens is 2. The van der Waals surface area contributed by atoms with Crippen LogP contribution in [0, 0.1) is 11.6 Å². The van der Waals surface area contributed by atoms with Gasteiger partial charge in [-0.15, -0.1) is 11.3 Å². The summed E-state index contributed by atoms with van der Waals surface area (Å²) < 4.78 is 36.5. The number of methoxy groups -OCH3 is 2. The Balaban J connectivity index is 2.34. The number of hydrogen-bond acceptors (Lipinski definition) is 4. The lowest BCUT2D eigenvalue weighted by atomic mass is 10.2. The number of ether oxygens (including phenoxy) is 2. The maximum absolute atomic E-state index is 13.6. The van der Waals surface area contributed by atoms with Crippen molar-refractivity contribution in [2.45, 2.75) is 6.29 Å². The van der Waals surface area contributed by atoms with Gasteiger partial charge in [0.05, 0.1) is 0 Å². The summed E-state index contributed by atoms with van der Waals surface area (Å²) >= 11 is 1.25. The molecule has 1 aromatic carbocycles. The molecule has 0 amide bonds. The zero-order chi connectivity index (χ0) is 13.1. The molecule has 0 atom stereocenters. The molecule has 2 aromatic rings. The topological polar surface area (TPSA) is 31.4 Å². The van der Waals surface area contributed by atoms with Gasteiger partial charge in [-0.1, -0.05) is 0 Å². The van der Waals surface area contributed by atoms with Crippen LogP contribution in [0.2, 0.25) is 0 Å². The van der Waals surface area contributed by atoms with E-state index < -0.39 is 17.9 Å². The SMILES string of the molecule is COC(OC)c1csc(-c2ccc(F)cc2F)n1. The maximum atomic E-state index is 13.6. The van der Waals surface area contributed by atoms with Crippen LogP contribution in [0.4, 0.5) is 8.78 Å². The molecule has 0 aliphatic rings. The smallest absolute Gasteiger partial charge is 0.201 e. The summed E-state index contributed by atoms with van der Waals surface area (Å²) in [6, 6.07) is 3.39. The average molecular weight is 271 g/mol. The molecule has 0 aliphatic heterocycles. The minimum atomic E-state index is -0.637. The number of aromatic nitrogens is 1. The fourth-order valence-corrected chi connectivity index (χ4v) is 2.37. The molecule has 0 fully saturated rings. The first-order valence-electron chi connectivity index (χ1n) is 5.12. The largest absolute Gasteiger partial charge is 0.350 e. The van der Waals surface area contributed by atoms with Crippen LogP contribution >= 0.6 is 11.3 Å². The molecular weight excluding hydrogens is 260 g/mol. The van der Waals surface area contributed by atoms with Gasteiger partial charge in [-0.2, -0.15) is 0 Å². The van der Waals surface area contributed by atoms with Crippen LogP contribution < -0.4 is 0 Å². The Labute approximate surface area is 107 Å². The second-order valence-corrected chi connectivity index (χ2v) is 4.36. The summed E-state index contributed by atoms with van der Waals surface area (Å²) in [6.45, 7) is 0. The number of benzene rings is 1. The highest BCUT2D eigenvalue weighted by Crippen LogP contribution is 2.29. The molecule has 0 spiro atoms. The highest BCUT2D eigenvalue weighted by atomic mass is 32.1. The van der Waals surface area contributed by atoms with Gasteiger partial charge in [-0.05, 0) is 12.1 Å². The molecule has 3 nitrogen and oxygen atoms in total. The minimum Gasteiger partial charge on any atom is -0.350 e. The molecule has 0 N–H and O–H groups in total. The predicted molar refractivity (Wildman–Crippen MR) is 64.2 cm³/mol. The zero-order valence-electron chi connectivity index (χ0n) is 9.81. The second kappa shape index (κ2) is 5.51. The molecule has 0 saturated carbocycles. The van der Waals surface area contributed by atoms with Gasteiger partial charge >= 0.3 is 0 Å². The van der Waals surface area contributed by atoms with Crippen molar-refractivity contribution in [1.82, 2.24) is 4.98 Å². The lowest BCUT2D eigenvalue weighted by molar-refractivity contribution is -0.108. The van der Waals surface area contributed by atoms with E-state index in [1.165, 1.54) is 37.7 Å². The van der Waals surface area contributed by atoms with E-state index in [4.69, 9.17) is 9.47 Å². The molecule has 0 unspecified atom stereocenters. The standard InChI is InChI=1S/C12H11F2NO2S/c1-16-12(17-2)10-6-18-11(15-10)8-4-3-7(13)5-9(8)14/h3-6,12H,1-2H3. The Morgan fingerprint density at radius 3 is 2.56 bits per heavy atom. The van der Waals surface area contributed by atoms with Crippen LogP contribution in [-0.2, 0) is 9.47 Å². The Morgan fingerprint density at radius 1 is 1.22 bits per heavy atom. The van der Waals surface area contributed by atoms with E-state index in [1.807, 2.05) is 0 Å². The third-order valence-electron chi connectivity index (χ3n) is 2.35. The van der Waals surface area contributed by atoms with Crippen molar-refractivity contribution < 1.29 is 18.3 Å². The highest BCUT2D eigenvalue weighted by molar-refractivity contribution is 7.13. The van der Waals surface area contributed by atoms with Crippen LogP contribution in [0.1, 0.15) is 12.0 Å². The Hall–Kier alpha value is -1.37. The summed E-state index contributed by atoms with van der Waals surface area (Å²) in [5.41, 5.74) is 0.822. The Kier molecular flexibility index (Phi) is 4.00. The van der Waals surface area contributed by atoms with Crippen molar-refractivity contribution in [2.75, 3.05) is 14.2 Å². The van der Waals surface area contributed by atoms with E-state index in [0.29, 0.717) is 10.7 Å². The molecule has 0 aliphatic carbocycles. The van der Waals surface area contributed by atoms with E-state index in [2.05, 4.69) is 4.98 Å². The summed E-state index contributed by atoms with van der Waals surface area (Å²) in [7, 11) is 2.98. The van der Waals surface area contributed by atoms with Gasteiger partial charge in [0.2, 0.25) is 6.29 Å². The maximum Gasteiger partial charge on any atom is 0.201 e. The summed E-state index contributed by atoms with van der Waals surface area (Å²) in [6.07, 6.45) is -0.585. The molecule has 0 saturated heterocycles. The summed E-state index contributed by atoms with van der Waals surface area (Å²) in [5, 5.41) is 2.18. The van der Waals surface area contributed by atoms with Crippen LogP contribution in [0.5, 0.6) is 0 Å². The third kappa shape index (κ3) is 2.55. The van der Waals surface area contributed by atoms with Crippen LogP contribution in [0.15, 0.2) is 23.6 Å². The van der Waals surface area contributed by atoms with Crippen molar-refractivity contribution in [1.29, 1.82) is 0 Å². The molecule has 18 heavy (non-hydrogen) atoms. The molecule has 0 radical (unpaired) electrons. The molecule has 1 aromatic heterocycles. The van der Waals surface area contributed by atoms with Crippen molar-refractivity contribution in [3.05, 3.63) is 40.9 Å². The zero-order valence-corrected chi connectivity index (χ0v) is 10.6. The van der Waals surface area contributed by atoms with Crippen molar-refractivity contribution in [3.8, 4) is 10.6 Å². The van der Waals surface area contributed by atoms with Crippen LogP contribution in [0.25, 0.3) is 10.6 Å². The van der Waals surface area contributed by atoms with E-state index in [-0.39, 0.29) is 5.56 Å². The fraction of sp³-hybridized carbons (Fsp3) is 0.250. The summed E-state index contributed by atoms with van der Waals surface area (Å²) in [5.74, 6) is -1.25. The van der Waals surface area contributed by atoms with Gasteiger partial charge < -0.3 is 9.47 Å². The molecule has 0 bridgehead atoms. The third-order valence-corrected chi connectivity index (χ3v) is 3.25. The monoisotopic (exact) mass is 271 g/mol. The normalized spacial score (nSPS) is 11.2. The first kappa shape index (κ1) is 13.1.